The van der Waals surface area contributed by atoms with E-state index in [1.807, 2.05) is 24.0 Å². The number of hydrogen-bond acceptors (Lipinski definition) is 3. The molecule has 1 aliphatic rings. The van der Waals surface area contributed by atoms with Gasteiger partial charge in [0.15, 0.2) is 0 Å². The number of hydrogen-bond donors (Lipinski definition) is 1. The van der Waals surface area contributed by atoms with Crippen LogP contribution in [0.3, 0.4) is 0 Å². The largest absolute Gasteiger partial charge is 0.389 e. The SMILES string of the molecule is Cc1ccnc(CC2(O)CCSC2)c1. The summed E-state index contributed by atoms with van der Waals surface area (Å²) in [5.41, 5.74) is 1.71. The molecule has 3 heteroatoms. The van der Waals surface area contributed by atoms with Gasteiger partial charge in [-0.25, -0.2) is 0 Å². The Morgan fingerprint density at radius 3 is 3.14 bits per heavy atom. The van der Waals surface area contributed by atoms with Crippen LogP contribution >= 0.6 is 11.8 Å². The minimum atomic E-state index is -0.508. The zero-order chi connectivity index (χ0) is 10.0. The highest BCUT2D eigenvalue weighted by atomic mass is 32.2. The second-order valence-electron chi connectivity index (χ2n) is 4.03. The average Bonchev–Trinajstić information content (AvgIpc) is 2.51. The second-order valence-corrected chi connectivity index (χ2v) is 5.13. The molecule has 0 aromatic carbocycles. The van der Waals surface area contributed by atoms with Crippen LogP contribution < -0.4 is 0 Å². The van der Waals surface area contributed by atoms with Crippen LogP contribution in [0.5, 0.6) is 0 Å². The molecular formula is C11H15NOS. The standard InChI is InChI=1S/C11H15NOS/c1-9-2-4-12-10(6-9)7-11(13)3-5-14-8-11/h2,4,6,13H,3,5,7-8H2,1H3. The van der Waals surface area contributed by atoms with Crippen molar-refractivity contribution in [2.75, 3.05) is 11.5 Å². The van der Waals surface area contributed by atoms with Gasteiger partial charge in [-0.2, -0.15) is 11.8 Å². The zero-order valence-corrected chi connectivity index (χ0v) is 9.18. The lowest BCUT2D eigenvalue weighted by atomic mass is 9.96. The maximum Gasteiger partial charge on any atom is 0.0800 e. The molecule has 0 saturated carbocycles. The monoisotopic (exact) mass is 209 g/mol. The van der Waals surface area contributed by atoms with Gasteiger partial charge in [0.2, 0.25) is 0 Å². The fourth-order valence-electron chi connectivity index (χ4n) is 1.77. The molecule has 2 heterocycles. The summed E-state index contributed by atoms with van der Waals surface area (Å²) in [6.45, 7) is 2.05. The molecule has 1 unspecified atom stereocenters. The molecule has 0 bridgehead atoms. The Balaban J connectivity index is 2.10. The van der Waals surface area contributed by atoms with Crippen molar-refractivity contribution in [1.82, 2.24) is 4.98 Å². The summed E-state index contributed by atoms with van der Waals surface area (Å²) in [4.78, 5) is 4.28. The summed E-state index contributed by atoms with van der Waals surface area (Å²) < 4.78 is 0. The molecule has 1 atom stereocenters. The topological polar surface area (TPSA) is 33.1 Å². The summed E-state index contributed by atoms with van der Waals surface area (Å²) in [6, 6.07) is 4.04. The summed E-state index contributed by atoms with van der Waals surface area (Å²) in [5.74, 6) is 1.92. The Hall–Kier alpha value is -0.540. The lowest BCUT2D eigenvalue weighted by molar-refractivity contribution is 0.0676. The molecule has 1 aromatic heterocycles. The third-order valence-electron chi connectivity index (χ3n) is 2.56. The van der Waals surface area contributed by atoms with Crippen LogP contribution in [0.25, 0.3) is 0 Å². The van der Waals surface area contributed by atoms with E-state index in [4.69, 9.17) is 0 Å². The molecular weight excluding hydrogens is 194 g/mol. The highest BCUT2D eigenvalue weighted by Crippen LogP contribution is 2.30. The van der Waals surface area contributed by atoms with E-state index in [9.17, 15) is 5.11 Å². The van der Waals surface area contributed by atoms with E-state index in [2.05, 4.69) is 18.0 Å². The van der Waals surface area contributed by atoms with E-state index in [1.54, 1.807) is 0 Å². The van der Waals surface area contributed by atoms with Gasteiger partial charge in [-0.3, -0.25) is 4.98 Å². The third kappa shape index (κ3) is 2.28. The minimum Gasteiger partial charge on any atom is -0.389 e. The number of aliphatic hydroxyl groups is 1. The average molecular weight is 209 g/mol. The smallest absolute Gasteiger partial charge is 0.0800 e. The van der Waals surface area contributed by atoms with Crippen LogP contribution in [-0.2, 0) is 6.42 Å². The summed E-state index contributed by atoms with van der Waals surface area (Å²) in [7, 11) is 0. The van der Waals surface area contributed by atoms with Gasteiger partial charge in [-0.1, -0.05) is 0 Å². The lowest BCUT2D eigenvalue weighted by Gasteiger charge is -2.20. The third-order valence-corrected chi connectivity index (χ3v) is 3.80. The Morgan fingerprint density at radius 1 is 1.64 bits per heavy atom. The van der Waals surface area contributed by atoms with Gasteiger partial charge in [0.25, 0.3) is 0 Å². The number of rotatable bonds is 2. The molecule has 1 aromatic rings. The lowest BCUT2D eigenvalue weighted by Crippen LogP contribution is -2.31. The van der Waals surface area contributed by atoms with Crippen molar-refractivity contribution in [3.05, 3.63) is 29.6 Å². The molecule has 1 saturated heterocycles. The number of aryl methyl sites for hydroxylation is 1. The quantitative estimate of drug-likeness (QED) is 0.806. The van der Waals surface area contributed by atoms with Crippen molar-refractivity contribution < 1.29 is 5.11 Å². The number of nitrogens with zero attached hydrogens (tertiary/aromatic N) is 1. The Morgan fingerprint density at radius 2 is 2.50 bits per heavy atom. The van der Waals surface area contributed by atoms with E-state index in [0.29, 0.717) is 6.42 Å². The highest BCUT2D eigenvalue weighted by Gasteiger charge is 2.32. The first-order chi connectivity index (χ1) is 6.68. The number of aromatic nitrogens is 1. The molecule has 14 heavy (non-hydrogen) atoms. The molecule has 0 aliphatic carbocycles. The van der Waals surface area contributed by atoms with Gasteiger partial charge in [-0.05, 0) is 36.8 Å². The van der Waals surface area contributed by atoms with Crippen molar-refractivity contribution in [3.63, 3.8) is 0 Å². The van der Waals surface area contributed by atoms with E-state index in [1.165, 1.54) is 5.56 Å². The molecule has 1 aliphatic heterocycles. The van der Waals surface area contributed by atoms with E-state index in [-0.39, 0.29) is 0 Å². The van der Waals surface area contributed by atoms with Gasteiger partial charge < -0.3 is 5.11 Å². The van der Waals surface area contributed by atoms with E-state index >= 15 is 0 Å². The summed E-state index contributed by atoms with van der Waals surface area (Å²) in [5, 5.41) is 10.2. The van der Waals surface area contributed by atoms with Crippen LogP contribution in [0, 0.1) is 6.92 Å². The second kappa shape index (κ2) is 3.91. The van der Waals surface area contributed by atoms with Crippen molar-refractivity contribution in [2.24, 2.45) is 0 Å². The normalized spacial score (nSPS) is 26.7. The fraction of sp³-hybridized carbons (Fsp3) is 0.545. The molecule has 2 rings (SSSR count). The minimum absolute atomic E-state index is 0.508. The van der Waals surface area contributed by atoms with E-state index < -0.39 is 5.60 Å². The fourth-order valence-corrected chi connectivity index (χ4v) is 3.06. The molecule has 1 N–H and O–H groups in total. The zero-order valence-electron chi connectivity index (χ0n) is 8.36. The highest BCUT2D eigenvalue weighted by molar-refractivity contribution is 7.99. The predicted octanol–water partition coefficient (Wildman–Crippen LogP) is 1.80. The van der Waals surface area contributed by atoms with Crippen molar-refractivity contribution in [2.45, 2.75) is 25.4 Å². The Labute approximate surface area is 88.8 Å². The maximum absolute atomic E-state index is 10.2. The molecule has 0 amide bonds. The molecule has 0 spiro atoms. The van der Waals surface area contributed by atoms with Gasteiger partial charge in [0, 0.05) is 24.1 Å². The Kier molecular flexibility index (Phi) is 2.79. The first-order valence-electron chi connectivity index (χ1n) is 4.90. The van der Waals surface area contributed by atoms with Crippen molar-refractivity contribution in [1.29, 1.82) is 0 Å². The summed E-state index contributed by atoms with van der Waals surface area (Å²) >= 11 is 1.83. The van der Waals surface area contributed by atoms with Crippen LogP contribution in [0.1, 0.15) is 17.7 Å². The Bertz CT molecular complexity index is 321. The van der Waals surface area contributed by atoms with Gasteiger partial charge in [0.1, 0.15) is 0 Å². The maximum atomic E-state index is 10.2. The molecule has 76 valence electrons. The predicted molar refractivity (Wildman–Crippen MR) is 59.6 cm³/mol. The van der Waals surface area contributed by atoms with Crippen molar-refractivity contribution >= 4 is 11.8 Å². The molecule has 0 radical (unpaired) electrons. The van der Waals surface area contributed by atoms with Crippen LogP contribution in [0.4, 0.5) is 0 Å². The van der Waals surface area contributed by atoms with Crippen LogP contribution in [0.15, 0.2) is 18.3 Å². The van der Waals surface area contributed by atoms with Gasteiger partial charge >= 0.3 is 0 Å². The van der Waals surface area contributed by atoms with Gasteiger partial charge in [-0.15, -0.1) is 0 Å². The first-order valence-corrected chi connectivity index (χ1v) is 6.05. The molecule has 1 fully saturated rings. The van der Waals surface area contributed by atoms with Crippen molar-refractivity contribution in [3.8, 4) is 0 Å². The van der Waals surface area contributed by atoms with Crippen LogP contribution in [0.2, 0.25) is 0 Å². The van der Waals surface area contributed by atoms with Crippen LogP contribution in [-0.4, -0.2) is 27.2 Å². The molecule has 2 nitrogen and oxygen atoms in total. The number of thioether (sulfide) groups is 1. The number of pyridine rings is 1. The van der Waals surface area contributed by atoms with E-state index in [0.717, 1.165) is 23.6 Å². The van der Waals surface area contributed by atoms with Gasteiger partial charge in [0.05, 0.1) is 5.60 Å². The first kappa shape index (κ1) is 9.99. The summed E-state index contributed by atoms with van der Waals surface area (Å²) in [6.07, 6.45) is 3.41.